The Morgan fingerprint density at radius 1 is 1.25 bits per heavy atom. The Morgan fingerprint density at radius 2 is 2.04 bits per heavy atom. The number of hydrogen-bond donors (Lipinski definition) is 1. The van der Waals surface area contributed by atoms with Gasteiger partial charge >= 0.3 is 0 Å². The van der Waals surface area contributed by atoms with Crippen molar-refractivity contribution in [2.45, 2.75) is 83.5 Å². The zero-order valence-corrected chi connectivity index (χ0v) is 15.2. The van der Waals surface area contributed by atoms with Crippen molar-refractivity contribution < 1.29 is 14.6 Å². The second-order valence-corrected chi connectivity index (χ2v) is 9.79. The van der Waals surface area contributed by atoms with E-state index in [4.69, 9.17) is 4.74 Å². The van der Waals surface area contributed by atoms with Crippen molar-refractivity contribution in [1.29, 1.82) is 0 Å². The molecule has 1 N–H and O–H groups in total. The van der Waals surface area contributed by atoms with E-state index in [1.165, 1.54) is 6.42 Å². The predicted octanol–water partition coefficient (Wildman–Crippen LogP) is 3.65. The molecule has 132 valence electrons. The van der Waals surface area contributed by atoms with Gasteiger partial charge in [0.1, 0.15) is 5.60 Å². The molecule has 0 aromatic carbocycles. The van der Waals surface area contributed by atoms with E-state index >= 15 is 0 Å². The van der Waals surface area contributed by atoms with Gasteiger partial charge in [0.15, 0.2) is 5.78 Å². The molecule has 5 rings (SSSR count). The predicted molar refractivity (Wildman–Crippen MR) is 91.4 cm³/mol. The molecule has 0 radical (unpaired) electrons. The summed E-state index contributed by atoms with van der Waals surface area (Å²) in [6.45, 7) is 6.54. The molecule has 5 aliphatic rings. The first-order valence-electron chi connectivity index (χ1n) is 9.89. The Bertz CT molecular complexity index is 639. The zero-order chi connectivity index (χ0) is 16.9. The maximum atomic E-state index is 12.1. The first-order valence-corrected chi connectivity index (χ1v) is 9.89. The Hall–Kier alpha value is -0.670. The SMILES string of the molecule is CC(=O)C1=CCC2C3C[C@@H]4O[C@@]45CC(O)CCC5(C)C3CCC12C. The maximum absolute atomic E-state index is 12.1. The third kappa shape index (κ3) is 1.64. The summed E-state index contributed by atoms with van der Waals surface area (Å²) < 4.78 is 6.35. The normalized spacial score (nSPS) is 58.0. The fourth-order valence-electron chi connectivity index (χ4n) is 7.77. The first-order chi connectivity index (χ1) is 11.3. The second-order valence-electron chi connectivity index (χ2n) is 9.79. The molecule has 6 unspecified atom stereocenters. The van der Waals surface area contributed by atoms with Crippen LogP contribution in [0.2, 0.25) is 0 Å². The highest BCUT2D eigenvalue weighted by Crippen LogP contribution is 2.73. The van der Waals surface area contributed by atoms with E-state index in [-0.39, 0.29) is 28.3 Å². The van der Waals surface area contributed by atoms with Gasteiger partial charge in [-0.05, 0) is 74.2 Å². The van der Waals surface area contributed by atoms with Crippen molar-refractivity contribution >= 4 is 5.78 Å². The molecule has 4 aliphatic carbocycles. The van der Waals surface area contributed by atoms with Crippen LogP contribution in [0.15, 0.2) is 11.6 Å². The molecular formula is C21H30O3. The van der Waals surface area contributed by atoms with Crippen LogP contribution in [-0.4, -0.2) is 28.7 Å². The van der Waals surface area contributed by atoms with E-state index in [9.17, 15) is 9.90 Å². The lowest BCUT2D eigenvalue weighted by Gasteiger charge is -2.58. The van der Waals surface area contributed by atoms with Crippen LogP contribution in [0.4, 0.5) is 0 Å². The van der Waals surface area contributed by atoms with E-state index in [2.05, 4.69) is 19.9 Å². The minimum absolute atomic E-state index is 0.0327. The summed E-state index contributed by atoms with van der Waals surface area (Å²) in [6, 6.07) is 0. The summed E-state index contributed by atoms with van der Waals surface area (Å²) in [7, 11) is 0. The van der Waals surface area contributed by atoms with E-state index in [1.807, 2.05) is 0 Å². The minimum Gasteiger partial charge on any atom is -0.393 e. The van der Waals surface area contributed by atoms with Crippen molar-refractivity contribution in [3.8, 4) is 0 Å². The maximum Gasteiger partial charge on any atom is 0.156 e. The second kappa shape index (κ2) is 4.54. The molecule has 1 heterocycles. The van der Waals surface area contributed by atoms with E-state index in [1.54, 1.807) is 6.92 Å². The number of carbonyl (C=O) groups excluding carboxylic acids is 1. The number of fused-ring (bicyclic) bond motifs is 4. The molecule has 1 spiro atoms. The third-order valence-electron chi connectivity index (χ3n) is 9.02. The number of Topliss-reactive ketones (excluding diaryl/α,β-unsaturated/α-hetero) is 1. The Balaban J connectivity index is 1.50. The lowest BCUT2D eigenvalue weighted by Crippen LogP contribution is -2.58. The highest BCUT2D eigenvalue weighted by atomic mass is 16.6. The van der Waals surface area contributed by atoms with Gasteiger partial charge in [-0.25, -0.2) is 0 Å². The highest BCUT2D eigenvalue weighted by Gasteiger charge is 2.75. The van der Waals surface area contributed by atoms with Crippen LogP contribution in [0.3, 0.4) is 0 Å². The number of ether oxygens (including phenoxy) is 1. The first kappa shape index (κ1) is 15.6. The quantitative estimate of drug-likeness (QED) is 0.747. The number of allylic oxidation sites excluding steroid dienone is 2. The van der Waals surface area contributed by atoms with Crippen LogP contribution in [0.25, 0.3) is 0 Å². The van der Waals surface area contributed by atoms with Gasteiger partial charge < -0.3 is 9.84 Å². The molecule has 8 atom stereocenters. The molecule has 3 nitrogen and oxygen atoms in total. The molecule has 3 heteroatoms. The van der Waals surface area contributed by atoms with Gasteiger partial charge in [0.25, 0.3) is 0 Å². The Morgan fingerprint density at radius 3 is 2.79 bits per heavy atom. The van der Waals surface area contributed by atoms with Crippen molar-refractivity contribution in [1.82, 2.24) is 0 Å². The standard InChI is InChI=1S/C21H30O3/c1-12(22)15-4-5-16-14-10-18-21(24-18)11-13(23)6-9-20(21,3)17(14)7-8-19(15,16)2/h4,13-14,16-18,23H,5-11H2,1-3H3/t13?,14?,16?,17?,18-,19?,20?,21-/m0/s1. The summed E-state index contributed by atoms with van der Waals surface area (Å²) in [4.78, 5) is 12.1. The number of aliphatic hydroxyl groups excluding tert-OH is 1. The minimum atomic E-state index is -0.175. The van der Waals surface area contributed by atoms with Gasteiger partial charge in [-0.1, -0.05) is 19.9 Å². The molecule has 1 saturated heterocycles. The summed E-state index contributed by atoms with van der Waals surface area (Å²) in [5.74, 6) is 2.26. The lowest BCUT2D eigenvalue weighted by molar-refractivity contribution is -0.119. The fourth-order valence-corrected chi connectivity index (χ4v) is 7.77. The fraction of sp³-hybridized carbons (Fsp3) is 0.857. The van der Waals surface area contributed by atoms with Crippen LogP contribution >= 0.6 is 0 Å². The third-order valence-corrected chi connectivity index (χ3v) is 9.02. The van der Waals surface area contributed by atoms with E-state index < -0.39 is 0 Å². The highest BCUT2D eigenvalue weighted by molar-refractivity contribution is 5.95. The molecule has 1 aliphatic heterocycles. The van der Waals surface area contributed by atoms with Crippen LogP contribution in [0.1, 0.15) is 65.7 Å². The van der Waals surface area contributed by atoms with Gasteiger partial charge in [0, 0.05) is 11.8 Å². The van der Waals surface area contributed by atoms with Crippen LogP contribution in [0, 0.1) is 28.6 Å². The number of carbonyl (C=O) groups is 1. The van der Waals surface area contributed by atoms with Gasteiger partial charge in [-0.15, -0.1) is 0 Å². The van der Waals surface area contributed by atoms with Crippen molar-refractivity contribution in [2.75, 3.05) is 0 Å². The average Bonchev–Trinajstić information content (AvgIpc) is 3.08. The number of rotatable bonds is 1. The van der Waals surface area contributed by atoms with Crippen LogP contribution in [-0.2, 0) is 9.53 Å². The Labute approximate surface area is 144 Å². The summed E-state index contributed by atoms with van der Waals surface area (Å²) >= 11 is 0. The van der Waals surface area contributed by atoms with Gasteiger partial charge in [0.2, 0.25) is 0 Å². The van der Waals surface area contributed by atoms with E-state index in [0.717, 1.165) is 44.1 Å². The molecule has 4 fully saturated rings. The average molecular weight is 330 g/mol. The van der Waals surface area contributed by atoms with Crippen LogP contribution < -0.4 is 0 Å². The zero-order valence-electron chi connectivity index (χ0n) is 15.2. The number of hydrogen-bond acceptors (Lipinski definition) is 3. The van der Waals surface area contributed by atoms with Crippen molar-refractivity contribution in [3.05, 3.63) is 11.6 Å². The molecule has 0 amide bonds. The largest absolute Gasteiger partial charge is 0.393 e. The summed E-state index contributed by atoms with van der Waals surface area (Å²) in [5, 5.41) is 10.2. The summed E-state index contributed by atoms with van der Waals surface area (Å²) in [6.07, 6.45) is 9.87. The smallest absolute Gasteiger partial charge is 0.156 e. The molecule has 24 heavy (non-hydrogen) atoms. The molecule has 0 aromatic rings. The van der Waals surface area contributed by atoms with E-state index in [0.29, 0.717) is 23.9 Å². The monoisotopic (exact) mass is 330 g/mol. The van der Waals surface area contributed by atoms with Crippen LogP contribution in [0.5, 0.6) is 0 Å². The van der Waals surface area contributed by atoms with Crippen molar-refractivity contribution in [3.63, 3.8) is 0 Å². The summed E-state index contributed by atoms with van der Waals surface area (Å²) in [5.41, 5.74) is 1.38. The van der Waals surface area contributed by atoms with Crippen molar-refractivity contribution in [2.24, 2.45) is 28.6 Å². The van der Waals surface area contributed by atoms with Gasteiger partial charge in [-0.3, -0.25) is 4.79 Å². The Kier molecular flexibility index (Phi) is 2.94. The lowest BCUT2D eigenvalue weighted by atomic mass is 9.44. The van der Waals surface area contributed by atoms with Gasteiger partial charge in [-0.2, -0.15) is 0 Å². The number of ketones is 1. The molecule has 0 bridgehead atoms. The molecule has 3 saturated carbocycles. The topological polar surface area (TPSA) is 49.8 Å². The van der Waals surface area contributed by atoms with Gasteiger partial charge in [0.05, 0.1) is 12.2 Å². The number of aliphatic hydroxyl groups is 1. The molecular weight excluding hydrogens is 300 g/mol. The number of epoxide rings is 1. The molecule has 0 aromatic heterocycles.